The number of ether oxygens (including phenoxy) is 1. The van der Waals surface area contributed by atoms with Crippen molar-refractivity contribution in [2.24, 2.45) is 5.92 Å². The Bertz CT molecular complexity index is 417. The summed E-state index contributed by atoms with van der Waals surface area (Å²) in [4.78, 5) is 11.6. The van der Waals surface area contributed by atoms with Crippen LogP contribution in [0.5, 0.6) is 0 Å². The minimum absolute atomic E-state index is 0.220. The second-order valence-corrected chi connectivity index (χ2v) is 5.07. The zero-order valence-corrected chi connectivity index (χ0v) is 11.2. The van der Waals surface area contributed by atoms with E-state index in [0.29, 0.717) is 23.7 Å². The maximum Gasteiger partial charge on any atom is 0.257 e. The summed E-state index contributed by atoms with van der Waals surface area (Å²) in [6, 6.07) is 0. The molecular formula is C11H18N4O2S. The fourth-order valence-corrected chi connectivity index (χ4v) is 2.27. The third-order valence-electron chi connectivity index (χ3n) is 2.76. The van der Waals surface area contributed by atoms with Crippen LogP contribution in [0.2, 0.25) is 0 Å². The van der Waals surface area contributed by atoms with Gasteiger partial charge in [-0.15, -0.1) is 0 Å². The van der Waals surface area contributed by atoms with Crippen LogP contribution >= 0.6 is 11.5 Å². The van der Waals surface area contributed by atoms with Gasteiger partial charge in [0, 0.05) is 20.2 Å². The van der Waals surface area contributed by atoms with Crippen LogP contribution in [-0.2, 0) is 4.74 Å². The van der Waals surface area contributed by atoms with Crippen molar-refractivity contribution in [3.8, 4) is 0 Å². The van der Waals surface area contributed by atoms with Gasteiger partial charge >= 0.3 is 0 Å². The van der Waals surface area contributed by atoms with E-state index in [4.69, 9.17) is 10.5 Å². The number of nitrogens with two attached hydrogens (primary N) is 1. The van der Waals surface area contributed by atoms with E-state index in [2.05, 4.69) is 15.0 Å². The summed E-state index contributed by atoms with van der Waals surface area (Å²) >= 11 is 1.19. The summed E-state index contributed by atoms with van der Waals surface area (Å²) in [5.41, 5.74) is 6.08. The highest BCUT2D eigenvalue weighted by atomic mass is 32.1. The smallest absolute Gasteiger partial charge is 0.257 e. The highest BCUT2D eigenvalue weighted by molar-refractivity contribution is 7.11. The standard InChI is InChI=1S/C11H18N4O2S/c1-13-10(16)8-9(12)15-18-11(8)14-4-5-17-6-7-2-3-7/h7,14H,2-6H2,1H3,(H2,12,15)(H,13,16). The zero-order valence-electron chi connectivity index (χ0n) is 10.4. The molecule has 1 aliphatic carbocycles. The molecule has 1 aliphatic rings. The first-order valence-electron chi connectivity index (χ1n) is 6.01. The first-order chi connectivity index (χ1) is 8.72. The van der Waals surface area contributed by atoms with Crippen molar-refractivity contribution in [1.29, 1.82) is 0 Å². The van der Waals surface area contributed by atoms with Gasteiger partial charge in [-0.1, -0.05) is 0 Å². The summed E-state index contributed by atoms with van der Waals surface area (Å²) in [6.07, 6.45) is 2.58. The fourth-order valence-electron chi connectivity index (χ4n) is 1.54. The van der Waals surface area contributed by atoms with Gasteiger partial charge in [-0.25, -0.2) is 0 Å². The van der Waals surface area contributed by atoms with Gasteiger partial charge in [0.15, 0.2) is 5.82 Å². The second kappa shape index (κ2) is 6.01. The minimum Gasteiger partial charge on any atom is -0.382 e. The van der Waals surface area contributed by atoms with Gasteiger partial charge in [0.2, 0.25) is 0 Å². The molecule has 4 N–H and O–H groups in total. The number of nitrogens with zero attached hydrogens (tertiary/aromatic N) is 1. The maximum atomic E-state index is 11.6. The van der Waals surface area contributed by atoms with Crippen LogP contribution in [0.15, 0.2) is 0 Å². The number of aromatic nitrogens is 1. The van der Waals surface area contributed by atoms with Crippen LogP contribution in [0.4, 0.5) is 10.8 Å². The van der Waals surface area contributed by atoms with Crippen LogP contribution in [0.25, 0.3) is 0 Å². The molecule has 18 heavy (non-hydrogen) atoms. The van der Waals surface area contributed by atoms with E-state index in [1.807, 2.05) is 0 Å². The largest absolute Gasteiger partial charge is 0.382 e. The predicted octanol–water partition coefficient (Wildman–Crippen LogP) is 0.923. The van der Waals surface area contributed by atoms with Crippen LogP contribution < -0.4 is 16.4 Å². The van der Waals surface area contributed by atoms with Crippen LogP contribution in [0, 0.1) is 5.92 Å². The lowest BCUT2D eigenvalue weighted by Gasteiger charge is -2.06. The van der Waals surface area contributed by atoms with Crippen molar-refractivity contribution in [2.45, 2.75) is 12.8 Å². The summed E-state index contributed by atoms with van der Waals surface area (Å²) in [7, 11) is 1.57. The number of hydrogen-bond acceptors (Lipinski definition) is 6. The van der Waals surface area contributed by atoms with Gasteiger partial charge in [-0.2, -0.15) is 4.37 Å². The van der Waals surface area contributed by atoms with E-state index in [0.717, 1.165) is 12.5 Å². The van der Waals surface area contributed by atoms with Gasteiger partial charge in [0.25, 0.3) is 5.91 Å². The van der Waals surface area contributed by atoms with Gasteiger partial charge in [-0.05, 0) is 30.3 Å². The third kappa shape index (κ3) is 3.33. The van der Waals surface area contributed by atoms with Crippen LogP contribution in [0.1, 0.15) is 23.2 Å². The molecule has 2 rings (SSSR count). The van der Waals surface area contributed by atoms with Gasteiger partial charge in [0.05, 0.1) is 6.61 Å². The molecule has 0 radical (unpaired) electrons. The van der Waals surface area contributed by atoms with E-state index in [-0.39, 0.29) is 11.7 Å². The second-order valence-electron chi connectivity index (χ2n) is 4.30. The highest BCUT2D eigenvalue weighted by Gasteiger charge is 2.21. The number of carbonyl (C=O) groups is 1. The van der Waals surface area contributed by atoms with Crippen molar-refractivity contribution in [3.05, 3.63) is 5.56 Å². The molecule has 0 aliphatic heterocycles. The molecule has 0 atom stereocenters. The van der Waals surface area contributed by atoms with Crippen molar-refractivity contribution < 1.29 is 9.53 Å². The number of nitrogen functional groups attached to an aromatic ring is 1. The number of nitrogens with one attached hydrogen (secondary N) is 2. The lowest BCUT2D eigenvalue weighted by Crippen LogP contribution is -2.20. The lowest BCUT2D eigenvalue weighted by atomic mass is 10.3. The Hall–Kier alpha value is -1.34. The molecule has 1 heterocycles. The Morgan fingerprint density at radius 2 is 2.39 bits per heavy atom. The summed E-state index contributed by atoms with van der Waals surface area (Å²) in [5, 5.41) is 6.38. The average molecular weight is 270 g/mol. The van der Waals surface area contributed by atoms with Crippen LogP contribution in [-0.4, -0.2) is 37.1 Å². The molecule has 6 nitrogen and oxygen atoms in total. The molecule has 1 aromatic heterocycles. The lowest BCUT2D eigenvalue weighted by molar-refractivity contribution is 0.0964. The van der Waals surface area contributed by atoms with Crippen molar-refractivity contribution in [2.75, 3.05) is 37.9 Å². The quantitative estimate of drug-likeness (QED) is 0.641. The maximum absolute atomic E-state index is 11.6. The number of rotatable bonds is 7. The van der Waals surface area contributed by atoms with Gasteiger partial charge in [-0.3, -0.25) is 4.79 Å². The highest BCUT2D eigenvalue weighted by Crippen LogP contribution is 2.29. The molecule has 1 aromatic rings. The van der Waals surface area contributed by atoms with E-state index in [9.17, 15) is 4.79 Å². The molecule has 1 saturated carbocycles. The molecule has 0 spiro atoms. The topological polar surface area (TPSA) is 89.3 Å². The third-order valence-corrected chi connectivity index (χ3v) is 3.57. The molecule has 0 saturated heterocycles. The Morgan fingerprint density at radius 3 is 3.06 bits per heavy atom. The molecule has 0 aromatic carbocycles. The van der Waals surface area contributed by atoms with E-state index >= 15 is 0 Å². The summed E-state index contributed by atoms with van der Waals surface area (Å²) in [6.45, 7) is 2.12. The molecule has 1 amide bonds. The Kier molecular flexibility index (Phi) is 4.38. The minimum atomic E-state index is -0.220. The first kappa shape index (κ1) is 13.1. The Morgan fingerprint density at radius 1 is 1.61 bits per heavy atom. The monoisotopic (exact) mass is 270 g/mol. The predicted molar refractivity (Wildman–Crippen MR) is 71.9 cm³/mol. The number of anilines is 2. The first-order valence-corrected chi connectivity index (χ1v) is 6.78. The molecule has 1 fully saturated rings. The Labute approximate surface area is 110 Å². The zero-order chi connectivity index (χ0) is 13.0. The number of carbonyl (C=O) groups excluding carboxylic acids is 1. The molecule has 0 unspecified atom stereocenters. The van der Waals surface area contributed by atoms with Crippen LogP contribution in [0.3, 0.4) is 0 Å². The van der Waals surface area contributed by atoms with Crippen molar-refractivity contribution in [3.63, 3.8) is 0 Å². The van der Waals surface area contributed by atoms with Gasteiger partial charge < -0.3 is 21.1 Å². The fraction of sp³-hybridized carbons (Fsp3) is 0.636. The summed E-state index contributed by atoms with van der Waals surface area (Å²) in [5.74, 6) is 0.814. The van der Waals surface area contributed by atoms with E-state index in [1.165, 1.54) is 24.4 Å². The molecule has 0 bridgehead atoms. The Balaban J connectivity index is 1.78. The molecule has 7 heteroatoms. The summed E-state index contributed by atoms with van der Waals surface area (Å²) < 4.78 is 9.48. The van der Waals surface area contributed by atoms with Crippen molar-refractivity contribution >= 4 is 28.3 Å². The average Bonchev–Trinajstić information content (AvgIpc) is 3.12. The van der Waals surface area contributed by atoms with E-state index in [1.54, 1.807) is 7.05 Å². The van der Waals surface area contributed by atoms with Crippen molar-refractivity contribution in [1.82, 2.24) is 9.69 Å². The molecular weight excluding hydrogens is 252 g/mol. The van der Waals surface area contributed by atoms with E-state index < -0.39 is 0 Å². The van der Waals surface area contributed by atoms with Gasteiger partial charge in [0.1, 0.15) is 10.6 Å². The number of hydrogen-bond donors (Lipinski definition) is 3. The SMILES string of the molecule is CNC(=O)c1c(N)nsc1NCCOCC1CC1. The normalized spacial score (nSPS) is 14.5. The molecule has 100 valence electrons. The number of amides is 1.